The minimum atomic E-state index is 0.0355. The zero-order valence-electron chi connectivity index (χ0n) is 15.8. The number of hydrogen-bond donors (Lipinski definition) is 0. The van der Waals surface area contributed by atoms with E-state index in [2.05, 4.69) is 0 Å². The molecule has 0 aromatic carbocycles. The zero-order valence-corrected chi connectivity index (χ0v) is 15.8. The highest BCUT2D eigenvalue weighted by Gasteiger charge is 2.46. The molecule has 0 N–H and O–H groups in total. The molecule has 3 aliphatic heterocycles. The van der Waals surface area contributed by atoms with Gasteiger partial charge in [-0.2, -0.15) is 0 Å². The average Bonchev–Trinajstić information content (AvgIpc) is 3.30. The first kappa shape index (κ1) is 17.6. The maximum Gasteiger partial charge on any atom is 0.257 e. The molecule has 2 amide bonds. The van der Waals surface area contributed by atoms with E-state index in [0.29, 0.717) is 30.8 Å². The van der Waals surface area contributed by atoms with Crippen molar-refractivity contribution in [3.63, 3.8) is 0 Å². The molecule has 0 aliphatic carbocycles. The van der Waals surface area contributed by atoms with Crippen LogP contribution in [0.25, 0.3) is 0 Å². The van der Waals surface area contributed by atoms with Gasteiger partial charge in [0.15, 0.2) is 0 Å². The highest BCUT2D eigenvalue weighted by Crippen LogP contribution is 2.41. The third-order valence-electron chi connectivity index (χ3n) is 6.24. The third-order valence-corrected chi connectivity index (χ3v) is 6.24. The fraction of sp³-hybridized carbons (Fsp3) is 0.700. The van der Waals surface area contributed by atoms with E-state index in [1.165, 1.54) is 0 Å². The Labute approximate surface area is 154 Å². The number of amides is 2. The van der Waals surface area contributed by atoms with Crippen LogP contribution < -0.4 is 0 Å². The lowest BCUT2D eigenvalue weighted by molar-refractivity contribution is -0.129. The van der Waals surface area contributed by atoms with Crippen LogP contribution in [-0.2, 0) is 9.53 Å². The molecule has 0 bridgehead atoms. The van der Waals surface area contributed by atoms with Gasteiger partial charge in [0, 0.05) is 44.6 Å². The normalized spacial score (nSPS) is 25.5. The second kappa shape index (κ2) is 6.72. The van der Waals surface area contributed by atoms with E-state index in [1.54, 1.807) is 0 Å². The molecular formula is C20H28N2O4. The lowest BCUT2D eigenvalue weighted by Gasteiger charge is -2.38. The first-order chi connectivity index (χ1) is 12.5. The molecule has 26 heavy (non-hydrogen) atoms. The Hall–Kier alpha value is -1.82. The summed E-state index contributed by atoms with van der Waals surface area (Å²) in [6.07, 6.45) is 4.77. The van der Waals surface area contributed by atoms with Crippen molar-refractivity contribution in [1.82, 2.24) is 9.80 Å². The van der Waals surface area contributed by atoms with Gasteiger partial charge in [-0.15, -0.1) is 0 Å². The Morgan fingerprint density at radius 3 is 2.69 bits per heavy atom. The molecule has 3 aliphatic rings. The first-order valence-electron chi connectivity index (χ1n) is 9.71. The quantitative estimate of drug-likeness (QED) is 0.831. The number of aryl methyl sites for hydroxylation is 2. The summed E-state index contributed by atoms with van der Waals surface area (Å²) in [5.74, 6) is 1.76. The van der Waals surface area contributed by atoms with Gasteiger partial charge in [0.1, 0.15) is 11.5 Å². The van der Waals surface area contributed by atoms with Crippen molar-refractivity contribution in [2.24, 2.45) is 5.41 Å². The van der Waals surface area contributed by atoms with Crippen molar-refractivity contribution < 1.29 is 18.7 Å². The Morgan fingerprint density at radius 2 is 2.08 bits per heavy atom. The summed E-state index contributed by atoms with van der Waals surface area (Å²) in [4.78, 5) is 29.2. The van der Waals surface area contributed by atoms with Crippen LogP contribution in [-0.4, -0.2) is 60.5 Å². The SMILES string of the molecule is Cc1cc(C(=O)N2CCC3(CC2)CC(=O)N(C[C@H]2CCCO2)C3)c(C)o1. The van der Waals surface area contributed by atoms with E-state index in [9.17, 15) is 9.59 Å². The average molecular weight is 360 g/mol. The summed E-state index contributed by atoms with van der Waals surface area (Å²) >= 11 is 0. The number of nitrogens with zero attached hydrogens (tertiary/aromatic N) is 2. The molecule has 0 saturated carbocycles. The van der Waals surface area contributed by atoms with E-state index in [1.807, 2.05) is 29.7 Å². The minimum absolute atomic E-state index is 0.0355. The Morgan fingerprint density at radius 1 is 1.31 bits per heavy atom. The summed E-state index contributed by atoms with van der Waals surface area (Å²) in [5.41, 5.74) is 0.703. The predicted molar refractivity (Wildman–Crippen MR) is 95.9 cm³/mol. The molecular weight excluding hydrogens is 332 g/mol. The van der Waals surface area contributed by atoms with Gasteiger partial charge in [0.2, 0.25) is 5.91 Å². The molecule has 1 aromatic rings. The predicted octanol–water partition coefficient (Wildman–Crippen LogP) is 2.53. The molecule has 0 unspecified atom stereocenters. The van der Waals surface area contributed by atoms with Crippen LogP contribution in [0.3, 0.4) is 0 Å². The van der Waals surface area contributed by atoms with Gasteiger partial charge < -0.3 is 19.0 Å². The second-order valence-electron chi connectivity index (χ2n) is 8.21. The Kier molecular flexibility index (Phi) is 4.55. The topological polar surface area (TPSA) is 63.0 Å². The van der Waals surface area contributed by atoms with Gasteiger partial charge in [-0.3, -0.25) is 9.59 Å². The number of piperidine rings is 1. The molecule has 6 nitrogen and oxygen atoms in total. The highest BCUT2D eigenvalue weighted by atomic mass is 16.5. The van der Waals surface area contributed by atoms with E-state index in [0.717, 1.165) is 51.1 Å². The largest absolute Gasteiger partial charge is 0.466 e. The maximum atomic E-state index is 12.8. The fourth-order valence-corrected chi connectivity index (χ4v) is 4.71. The summed E-state index contributed by atoms with van der Waals surface area (Å²) in [6.45, 7) is 7.50. The number of carbonyl (C=O) groups is 2. The van der Waals surface area contributed by atoms with Gasteiger partial charge >= 0.3 is 0 Å². The van der Waals surface area contributed by atoms with Crippen LogP contribution >= 0.6 is 0 Å². The third kappa shape index (κ3) is 3.27. The molecule has 142 valence electrons. The van der Waals surface area contributed by atoms with Gasteiger partial charge in [0.05, 0.1) is 11.7 Å². The molecule has 4 rings (SSSR count). The summed E-state index contributed by atoms with van der Waals surface area (Å²) < 4.78 is 11.2. The standard InChI is InChI=1S/C20H28N2O4/c1-14-10-17(15(2)26-14)19(24)21-7-5-20(6-8-21)11-18(23)22(13-20)12-16-4-3-9-25-16/h10,16H,3-9,11-13H2,1-2H3/t16-/m1/s1. The van der Waals surface area contributed by atoms with Crippen molar-refractivity contribution in [2.75, 3.05) is 32.8 Å². The highest BCUT2D eigenvalue weighted by molar-refractivity contribution is 5.95. The van der Waals surface area contributed by atoms with E-state index < -0.39 is 0 Å². The molecule has 4 heterocycles. The molecule has 1 aromatic heterocycles. The Bertz CT molecular complexity index is 697. The van der Waals surface area contributed by atoms with Crippen LogP contribution in [0.5, 0.6) is 0 Å². The number of likely N-dealkylation sites (tertiary alicyclic amines) is 2. The van der Waals surface area contributed by atoms with Crippen LogP contribution in [0, 0.1) is 19.3 Å². The van der Waals surface area contributed by atoms with Crippen molar-refractivity contribution in [1.29, 1.82) is 0 Å². The van der Waals surface area contributed by atoms with Gasteiger partial charge in [-0.1, -0.05) is 0 Å². The molecule has 3 saturated heterocycles. The van der Waals surface area contributed by atoms with Gasteiger partial charge in [-0.25, -0.2) is 0 Å². The number of carbonyl (C=O) groups excluding carboxylic acids is 2. The lowest BCUT2D eigenvalue weighted by atomic mass is 9.77. The monoisotopic (exact) mass is 360 g/mol. The van der Waals surface area contributed by atoms with Crippen molar-refractivity contribution in [2.45, 2.75) is 52.1 Å². The summed E-state index contributed by atoms with van der Waals surface area (Å²) in [6, 6.07) is 1.82. The van der Waals surface area contributed by atoms with Gasteiger partial charge in [0.25, 0.3) is 5.91 Å². The molecule has 0 radical (unpaired) electrons. The van der Waals surface area contributed by atoms with Gasteiger partial charge in [-0.05, 0) is 45.6 Å². The molecule has 1 spiro atoms. The van der Waals surface area contributed by atoms with Crippen molar-refractivity contribution >= 4 is 11.8 Å². The molecule has 6 heteroatoms. The summed E-state index contributed by atoms with van der Waals surface area (Å²) in [7, 11) is 0. The number of furan rings is 1. The first-order valence-corrected chi connectivity index (χ1v) is 9.71. The van der Waals surface area contributed by atoms with Crippen LogP contribution in [0.1, 0.15) is 54.0 Å². The van der Waals surface area contributed by atoms with Crippen molar-refractivity contribution in [3.05, 3.63) is 23.2 Å². The fourth-order valence-electron chi connectivity index (χ4n) is 4.71. The second-order valence-corrected chi connectivity index (χ2v) is 8.21. The van der Waals surface area contributed by atoms with E-state index in [4.69, 9.17) is 9.15 Å². The number of rotatable bonds is 3. The Balaban J connectivity index is 1.36. The van der Waals surface area contributed by atoms with E-state index in [-0.39, 0.29) is 23.3 Å². The number of hydrogen-bond acceptors (Lipinski definition) is 4. The lowest BCUT2D eigenvalue weighted by Crippen LogP contribution is -2.44. The van der Waals surface area contributed by atoms with Crippen LogP contribution in [0.2, 0.25) is 0 Å². The summed E-state index contributed by atoms with van der Waals surface area (Å²) in [5, 5.41) is 0. The minimum Gasteiger partial charge on any atom is -0.466 e. The molecule has 1 atom stereocenters. The maximum absolute atomic E-state index is 12.8. The smallest absolute Gasteiger partial charge is 0.257 e. The zero-order chi connectivity index (χ0) is 18.3. The number of ether oxygens (including phenoxy) is 1. The van der Waals surface area contributed by atoms with Crippen molar-refractivity contribution in [3.8, 4) is 0 Å². The van der Waals surface area contributed by atoms with Crippen LogP contribution in [0.15, 0.2) is 10.5 Å². The van der Waals surface area contributed by atoms with Crippen LogP contribution in [0.4, 0.5) is 0 Å². The molecule has 3 fully saturated rings. The van der Waals surface area contributed by atoms with E-state index >= 15 is 0 Å².